The van der Waals surface area contributed by atoms with Crippen molar-refractivity contribution in [1.82, 2.24) is 0 Å². The van der Waals surface area contributed by atoms with E-state index in [-0.39, 0.29) is 6.04 Å². The van der Waals surface area contributed by atoms with Crippen LogP contribution in [0.3, 0.4) is 0 Å². The van der Waals surface area contributed by atoms with Gasteiger partial charge >= 0.3 is 0 Å². The number of benzene rings is 1. The molecule has 2 unspecified atom stereocenters. The first-order valence-corrected chi connectivity index (χ1v) is 7.12. The highest BCUT2D eigenvalue weighted by Gasteiger charge is 2.08. The molecular weight excluding hydrogens is 238 g/mol. The molecule has 0 radical (unpaired) electrons. The zero-order chi connectivity index (χ0) is 12.0. The summed E-state index contributed by atoms with van der Waals surface area (Å²) in [5.41, 5.74) is 6.08. The van der Waals surface area contributed by atoms with E-state index >= 15 is 0 Å². The molecule has 0 amide bonds. The van der Waals surface area contributed by atoms with Crippen LogP contribution >= 0.6 is 23.4 Å². The van der Waals surface area contributed by atoms with Gasteiger partial charge in [0.15, 0.2) is 0 Å². The molecule has 1 nitrogen and oxygen atoms in total. The van der Waals surface area contributed by atoms with Crippen LogP contribution in [0.1, 0.15) is 26.7 Å². The lowest BCUT2D eigenvalue weighted by Crippen LogP contribution is -2.25. The lowest BCUT2D eigenvalue weighted by Gasteiger charge is -2.15. The predicted octanol–water partition coefficient (Wildman–Crippen LogP) is 4.20. The fraction of sp³-hybridized carbons (Fsp3) is 0.538. The van der Waals surface area contributed by atoms with Crippen molar-refractivity contribution in [1.29, 1.82) is 0 Å². The maximum atomic E-state index is 6.08. The first kappa shape index (κ1) is 13.9. The van der Waals surface area contributed by atoms with Crippen molar-refractivity contribution in [3.05, 3.63) is 29.3 Å². The highest BCUT2D eigenvalue weighted by Crippen LogP contribution is 2.23. The van der Waals surface area contributed by atoms with Crippen LogP contribution in [-0.4, -0.2) is 11.8 Å². The lowest BCUT2D eigenvalue weighted by atomic mass is 10.0. The minimum Gasteiger partial charge on any atom is -0.327 e. The van der Waals surface area contributed by atoms with Crippen molar-refractivity contribution >= 4 is 23.4 Å². The number of thioether (sulfide) groups is 1. The minimum atomic E-state index is 0.277. The van der Waals surface area contributed by atoms with E-state index in [2.05, 4.69) is 19.9 Å². The molecule has 0 saturated carbocycles. The van der Waals surface area contributed by atoms with Gasteiger partial charge in [0, 0.05) is 21.7 Å². The molecule has 2 N–H and O–H groups in total. The first-order chi connectivity index (χ1) is 7.61. The third-order valence-electron chi connectivity index (χ3n) is 2.66. The number of hydrogen-bond donors (Lipinski definition) is 1. The third-order valence-corrected chi connectivity index (χ3v) is 4.08. The smallest absolute Gasteiger partial charge is 0.0417 e. The molecule has 2 atom stereocenters. The van der Waals surface area contributed by atoms with Crippen LogP contribution in [0.4, 0.5) is 0 Å². The van der Waals surface area contributed by atoms with Crippen molar-refractivity contribution in [2.24, 2.45) is 11.7 Å². The molecule has 0 spiro atoms. The summed E-state index contributed by atoms with van der Waals surface area (Å²) in [7, 11) is 0. The number of hydrogen-bond acceptors (Lipinski definition) is 2. The summed E-state index contributed by atoms with van der Waals surface area (Å²) in [5, 5.41) is 0.792. The summed E-state index contributed by atoms with van der Waals surface area (Å²) in [6, 6.07) is 8.21. The maximum Gasteiger partial charge on any atom is 0.0417 e. The van der Waals surface area contributed by atoms with Crippen molar-refractivity contribution in [3.8, 4) is 0 Å². The molecule has 0 heterocycles. The summed E-state index contributed by atoms with van der Waals surface area (Å²) in [4.78, 5) is 1.20. The Labute approximate surface area is 108 Å². The van der Waals surface area contributed by atoms with Gasteiger partial charge in [-0.1, -0.05) is 37.9 Å². The highest BCUT2D eigenvalue weighted by atomic mass is 35.5. The molecule has 90 valence electrons. The van der Waals surface area contributed by atoms with E-state index < -0.39 is 0 Å². The Morgan fingerprint density at radius 1 is 1.44 bits per heavy atom. The van der Waals surface area contributed by atoms with Gasteiger partial charge in [-0.3, -0.25) is 0 Å². The van der Waals surface area contributed by atoms with Crippen molar-refractivity contribution in [3.63, 3.8) is 0 Å². The summed E-state index contributed by atoms with van der Waals surface area (Å²) in [6.45, 7) is 4.46. The van der Waals surface area contributed by atoms with Crippen molar-refractivity contribution in [2.45, 2.75) is 37.6 Å². The van der Waals surface area contributed by atoms with Crippen LogP contribution in [-0.2, 0) is 0 Å². The lowest BCUT2D eigenvalue weighted by molar-refractivity contribution is 0.472. The molecule has 3 heteroatoms. The molecule has 0 aliphatic carbocycles. The van der Waals surface area contributed by atoms with Gasteiger partial charge in [0.2, 0.25) is 0 Å². The summed E-state index contributed by atoms with van der Waals surface area (Å²) in [6.07, 6.45) is 2.31. The topological polar surface area (TPSA) is 26.0 Å². The SMILES string of the molecule is CCC(C)CC(N)CSc1cccc(Cl)c1. The van der Waals surface area contributed by atoms with Crippen molar-refractivity contribution < 1.29 is 0 Å². The van der Waals surface area contributed by atoms with Gasteiger partial charge in [0.25, 0.3) is 0 Å². The second-order valence-electron chi connectivity index (χ2n) is 4.28. The molecule has 0 aliphatic heterocycles. The van der Waals surface area contributed by atoms with Gasteiger partial charge in [-0.15, -0.1) is 11.8 Å². The van der Waals surface area contributed by atoms with Gasteiger partial charge in [0.1, 0.15) is 0 Å². The van der Waals surface area contributed by atoms with Crippen LogP contribution in [0.2, 0.25) is 5.02 Å². The van der Waals surface area contributed by atoms with Gasteiger partial charge < -0.3 is 5.73 Å². The number of nitrogens with two attached hydrogens (primary N) is 1. The monoisotopic (exact) mass is 257 g/mol. The Hall–Kier alpha value is -0.180. The molecule has 0 aliphatic rings. The summed E-state index contributed by atoms with van der Waals surface area (Å²) >= 11 is 7.71. The molecule has 1 aromatic carbocycles. The van der Waals surface area contributed by atoms with E-state index in [1.165, 1.54) is 11.3 Å². The molecule has 0 saturated heterocycles. The second-order valence-corrected chi connectivity index (χ2v) is 5.81. The molecule has 0 bridgehead atoms. The molecule has 0 fully saturated rings. The average molecular weight is 258 g/mol. The van der Waals surface area contributed by atoms with Crippen LogP contribution in [0, 0.1) is 5.92 Å². The zero-order valence-corrected chi connectivity index (χ0v) is 11.5. The van der Waals surface area contributed by atoms with E-state index in [1.54, 1.807) is 11.8 Å². The zero-order valence-electron chi connectivity index (χ0n) is 9.95. The van der Waals surface area contributed by atoms with Crippen LogP contribution in [0.15, 0.2) is 29.2 Å². The molecule has 1 aromatic rings. The van der Waals surface area contributed by atoms with Crippen LogP contribution < -0.4 is 5.73 Å². The normalized spacial score (nSPS) is 14.8. The number of halogens is 1. The Morgan fingerprint density at radius 3 is 2.81 bits per heavy atom. The quantitative estimate of drug-likeness (QED) is 0.773. The average Bonchev–Trinajstić information content (AvgIpc) is 2.26. The van der Waals surface area contributed by atoms with Crippen LogP contribution in [0.5, 0.6) is 0 Å². The Kier molecular flexibility index (Phi) is 6.25. The first-order valence-electron chi connectivity index (χ1n) is 5.75. The molecule has 1 rings (SSSR count). The van der Waals surface area contributed by atoms with E-state index in [1.807, 2.05) is 18.2 Å². The fourth-order valence-electron chi connectivity index (χ4n) is 1.51. The minimum absolute atomic E-state index is 0.277. The van der Waals surface area contributed by atoms with E-state index in [4.69, 9.17) is 17.3 Å². The molecular formula is C13H20ClNS. The fourth-order valence-corrected chi connectivity index (χ4v) is 2.69. The molecule has 16 heavy (non-hydrogen) atoms. The van der Waals surface area contributed by atoms with Crippen molar-refractivity contribution in [2.75, 3.05) is 5.75 Å². The summed E-state index contributed by atoms with van der Waals surface area (Å²) in [5.74, 6) is 1.68. The predicted molar refractivity (Wildman–Crippen MR) is 74.2 cm³/mol. The standard InChI is InChI=1S/C13H20ClNS/c1-3-10(2)7-12(15)9-16-13-6-4-5-11(14)8-13/h4-6,8,10,12H,3,7,9,15H2,1-2H3. The van der Waals surface area contributed by atoms with Gasteiger partial charge in [-0.2, -0.15) is 0 Å². The third kappa shape index (κ3) is 5.24. The summed E-state index contributed by atoms with van der Waals surface area (Å²) < 4.78 is 0. The van der Waals surface area contributed by atoms with Crippen LogP contribution in [0.25, 0.3) is 0 Å². The van der Waals surface area contributed by atoms with Gasteiger partial charge in [-0.05, 0) is 30.5 Å². The van der Waals surface area contributed by atoms with Gasteiger partial charge in [-0.25, -0.2) is 0 Å². The molecule has 0 aromatic heterocycles. The Bertz CT molecular complexity index is 317. The van der Waals surface area contributed by atoms with E-state index in [0.29, 0.717) is 0 Å². The second kappa shape index (κ2) is 7.21. The largest absolute Gasteiger partial charge is 0.327 e. The van der Waals surface area contributed by atoms with Gasteiger partial charge in [0.05, 0.1) is 0 Å². The highest BCUT2D eigenvalue weighted by molar-refractivity contribution is 7.99. The van der Waals surface area contributed by atoms with E-state index in [9.17, 15) is 0 Å². The maximum absolute atomic E-state index is 6.08. The number of rotatable bonds is 6. The Balaban J connectivity index is 2.34. The Morgan fingerprint density at radius 2 is 2.19 bits per heavy atom. The van der Waals surface area contributed by atoms with E-state index in [0.717, 1.165) is 23.1 Å².